The third-order valence-electron chi connectivity index (χ3n) is 3.65. The zero-order valence-electron chi connectivity index (χ0n) is 13.5. The van der Waals surface area contributed by atoms with Crippen molar-refractivity contribution in [3.05, 3.63) is 0 Å². The van der Waals surface area contributed by atoms with E-state index in [1.165, 1.54) is 0 Å². The van der Waals surface area contributed by atoms with E-state index in [0.29, 0.717) is 6.54 Å². The highest BCUT2D eigenvalue weighted by atomic mass is 16.8. The van der Waals surface area contributed by atoms with E-state index in [4.69, 9.17) is 24.1 Å². The van der Waals surface area contributed by atoms with E-state index in [1.807, 2.05) is 19.0 Å². The summed E-state index contributed by atoms with van der Waals surface area (Å²) in [6.45, 7) is 3.62. The SMILES string of the molecule is CN(C)CC(O)CO[C@@H]1[C@H]2OC(C)(C)O[C@H]2O[C@@H]1[C@H](O)CO. The van der Waals surface area contributed by atoms with Gasteiger partial charge in [0.1, 0.15) is 24.4 Å². The number of aliphatic hydroxyl groups excluding tert-OH is 3. The van der Waals surface area contributed by atoms with Gasteiger partial charge < -0.3 is 39.2 Å². The van der Waals surface area contributed by atoms with E-state index < -0.39 is 49.2 Å². The molecule has 0 amide bonds. The minimum atomic E-state index is -1.10. The molecule has 3 N–H and O–H groups in total. The Balaban J connectivity index is 1.99. The summed E-state index contributed by atoms with van der Waals surface area (Å²) < 4.78 is 22.7. The molecule has 8 heteroatoms. The fourth-order valence-corrected chi connectivity index (χ4v) is 2.80. The Morgan fingerprint density at radius 3 is 2.50 bits per heavy atom. The molecule has 0 bridgehead atoms. The summed E-state index contributed by atoms with van der Waals surface area (Å²) in [4.78, 5) is 1.85. The van der Waals surface area contributed by atoms with Crippen LogP contribution >= 0.6 is 0 Å². The molecular formula is C14H27NO7. The topological polar surface area (TPSA) is 101 Å². The molecule has 8 nitrogen and oxygen atoms in total. The lowest BCUT2D eigenvalue weighted by atomic mass is 10.1. The van der Waals surface area contributed by atoms with E-state index in [2.05, 4.69) is 0 Å². The van der Waals surface area contributed by atoms with Gasteiger partial charge in [0.2, 0.25) is 0 Å². The van der Waals surface area contributed by atoms with Crippen LogP contribution in [0.15, 0.2) is 0 Å². The van der Waals surface area contributed by atoms with Crippen molar-refractivity contribution in [2.75, 3.05) is 33.9 Å². The van der Waals surface area contributed by atoms with Crippen LogP contribution in [0.4, 0.5) is 0 Å². The van der Waals surface area contributed by atoms with Gasteiger partial charge in [-0.05, 0) is 27.9 Å². The Kier molecular flexibility index (Phi) is 5.79. The molecule has 0 aromatic rings. The number of hydrogen-bond acceptors (Lipinski definition) is 8. The molecule has 0 aromatic carbocycles. The van der Waals surface area contributed by atoms with Crippen LogP contribution in [-0.4, -0.2) is 96.7 Å². The van der Waals surface area contributed by atoms with Crippen LogP contribution in [0, 0.1) is 0 Å². The molecule has 22 heavy (non-hydrogen) atoms. The quantitative estimate of drug-likeness (QED) is 0.522. The fourth-order valence-electron chi connectivity index (χ4n) is 2.80. The highest BCUT2D eigenvalue weighted by Crippen LogP contribution is 2.39. The highest BCUT2D eigenvalue weighted by molar-refractivity contribution is 4.97. The molecule has 0 radical (unpaired) electrons. The van der Waals surface area contributed by atoms with Crippen molar-refractivity contribution >= 4 is 0 Å². The molecule has 6 atom stereocenters. The van der Waals surface area contributed by atoms with Gasteiger partial charge in [-0.15, -0.1) is 0 Å². The summed E-state index contributed by atoms with van der Waals surface area (Å²) in [6.07, 6.45) is -4.31. The molecule has 0 spiro atoms. The van der Waals surface area contributed by atoms with Crippen molar-refractivity contribution in [2.45, 2.75) is 56.4 Å². The van der Waals surface area contributed by atoms with Gasteiger partial charge in [-0.2, -0.15) is 0 Å². The summed E-state index contributed by atoms with van der Waals surface area (Å²) in [7, 11) is 3.71. The van der Waals surface area contributed by atoms with Crippen LogP contribution < -0.4 is 0 Å². The summed E-state index contributed by atoms with van der Waals surface area (Å²) >= 11 is 0. The van der Waals surface area contributed by atoms with Crippen LogP contribution in [0.2, 0.25) is 0 Å². The predicted octanol–water partition coefficient (Wildman–Crippen LogP) is -1.48. The molecule has 2 heterocycles. The van der Waals surface area contributed by atoms with Crippen LogP contribution in [-0.2, 0) is 18.9 Å². The molecule has 0 aliphatic carbocycles. The van der Waals surface area contributed by atoms with E-state index >= 15 is 0 Å². The second kappa shape index (κ2) is 7.06. The maximum atomic E-state index is 9.91. The second-order valence-electron chi connectivity index (χ2n) is 6.53. The zero-order valence-corrected chi connectivity index (χ0v) is 13.5. The minimum absolute atomic E-state index is 0.0772. The van der Waals surface area contributed by atoms with Gasteiger partial charge in [-0.3, -0.25) is 0 Å². The van der Waals surface area contributed by atoms with Crippen molar-refractivity contribution in [2.24, 2.45) is 0 Å². The molecule has 2 aliphatic heterocycles. The highest BCUT2D eigenvalue weighted by Gasteiger charge is 2.57. The van der Waals surface area contributed by atoms with Crippen molar-refractivity contribution in [1.82, 2.24) is 4.90 Å². The Labute approximate surface area is 130 Å². The van der Waals surface area contributed by atoms with Gasteiger partial charge in [0.25, 0.3) is 0 Å². The number of ether oxygens (including phenoxy) is 4. The molecule has 2 rings (SSSR count). The van der Waals surface area contributed by atoms with Gasteiger partial charge in [0.05, 0.1) is 19.3 Å². The normalized spacial score (nSPS) is 36.5. The number of fused-ring (bicyclic) bond motifs is 1. The monoisotopic (exact) mass is 321 g/mol. The number of likely N-dealkylation sites (N-methyl/N-ethyl adjacent to an activating group) is 1. The average molecular weight is 321 g/mol. The fraction of sp³-hybridized carbons (Fsp3) is 1.00. The van der Waals surface area contributed by atoms with Crippen LogP contribution in [0.1, 0.15) is 13.8 Å². The van der Waals surface area contributed by atoms with Crippen molar-refractivity contribution in [1.29, 1.82) is 0 Å². The smallest absolute Gasteiger partial charge is 0.190 e. The van der Waals surface area contributed by atoms with Gasteiger partial charge in [-0.1, -0.05) is 0 Å². The van der Waals surface area contributed by atoms with E-state index in [0.717, 1.165) is 0 Å². The van der Waals surface area contributed by atoms with Gasteiger partial charge >= 0.3 is 0 Å². The molecular weight excluding hydrogens is 294 g/mol. The molecule has 0 saturated carbocycles. The third-order valence-corrected chi connectivity index (χ3v) is 3.65. The first kappa shape index (κ1) is 18.0. The van der Waals surface area contributed by atoms with Crippen molar-refractivity contribution < 1.29 is 34.3 Å². The number of nitrogens with zero attached hydrogens (tertiary/aromatic N) is 1. The predicted molar refractivity (Wildman–Crippen MR) is 76.1 cm³/mol. The first-order valence-electron chi connectivity index (χ1n) is 7.48. The third kappa shape index (κ3) is 4.15. The Morgan fingerprint density at radius 1 is 1.23 bits per heavy atom. The van der Waals surface area contributed by atoms with Gasteiger partial charge in [0, 0.05) is 6.54 Å². The molecule has 130 valence electrons. The first-order chi connectivity index (χ1) is 10.2. The Bertz CT molecular complexity index is 365. The van der Waals surface area contributed by atoms with E-state index in [9.17, 15) is 10.2 Å². The maximum absolute atomic E-state index is 9.91. The largest absolute Gasteiger partial charge is 0.394 e. The molecule has 2 saturated heterocycles. The summed E-state index contributed by atoms with van der Waals surface area (Å²) in [5.74, 6) is -0.797. The Morgan fingerprint density at radius 2 is 1.91 bits per heavy atom. The lowest BCUT2D eigenvalue weighted by molar-refractivity contribution is -0.232. The van der Waals surface area contributed by atoms with E-state index in [1.54, 1.807) is 13.8 Å². The van der Waals surface area contributed by atoms with Crippen LogP contribution in [0.25, 0.3) is 0 Å². The first-order valence-corrected chi connectivity index (χ1v) is 7.48. The van der Waals surface area contributed by atoms with Gasteiger partial charge in [0.15, 0.2) is 12.1 Å². The number of rotatable bonds is 7. The lowest BCUT2D eigenvalue weighted by Gasteiger charge is -2.28. The van der Waals surface area contributed by atoms with Crippen molar-refractivity contribution in [3.63, 3.8) is 0 Å². The zero-order chi connectivity index (χ0) is 16.5. The molecule has 0 aromatic heterocycles. The van der Waals surface area contributed by atoms with E-state index in [-0.39, 0.29) is 6.61 Å². The minimum Gasteiger partial charge on any atom is -0.394 e. The second-order valence-corrected chi connectivity index (χ2v) is 6.53. The molecule has 2 aliphatic rings. The van der Waals surface area contributed by atoms with Gasteiger partial charge in [-0.25, -0.2) is 0 Å². The number of aliphatic hydroxyl groups is 3. The van der Waals surface area contributed by atoms with Crippen molar-refractivity contribution in [3.8, 4) is 0 Å². The summed E-state index contributed by atoms with van der Waals surface area (Å²) in [5, 5.41) is 29.0. The molecule has 2 fully saturated rings. The van der Waals surface area contributed by atoms with Crippen LogP contribution in [0.5, 0.6) is 0 Å². The lowest BCUT2D eigenvalue weighted by Crippen LogP contribution is -2.45. The number of hydrogen-bond donors (Lipinski definition) is 3. The molecule has 1 unspecified atom stereocenters. The summed E-state index contributed by atoms with van der Waals surface area (Å²) in [5.41, 5.74) is 0. The maximum Gasteiger partial charge on any atom is 0.190 e. The van der Waals surface area contributed by atoms with Crippen LogP contribution in [0.3, 0.4) is 0 Å². The standard InChI is InChI=1S/C14H27NO7/c1-14(2)21-12-11(19-7-8(17)5-15(3)4)10(9(18)6-16)20-13(12)22-14/h8-13,16-18H,5-7H2,1-4H3/t8?,9-,10-,11+,12-,13-/m1/s1. The average Bonchev–Trinajstić information content (AvgIpc) is 2.86. The summed E-state index contributed by atoms with van der Waals surface area (Å²) in [6, 6.07) is 0. The Hall–Kier alpha value is -0.320.